The maximum Gasteiger partial charge on any atom is 0.329 e. The summed E-state index contributed by atoms with van der Waals surface area (Å²) < 4.78 is 30.3. The molecule has 0 aliphatic heterocycles. The summed E-state index contributed by atoms with van der Waals surface area (Å²) in [6.45, 7) is 3.55. The van der Waals surface area contributed by atoms with E-state index in [2.05, 4.69) is 24.4 Å². The third-order valence-electron chi connectivity index (χ3n) is 5.02. The van der Waals surface area contributed by atoms with Gasteiger partial charge >= 0.3 is 5.69 Å². The van der Waals surface area contributed by atoms with Gasteiger partial charge in [0.15, 0.2) is 0 Å². The maximum atomic E-state index is 13.2. The molecule has 0 atom stereocenters. The lowest BCUT2D eigenvalue weighted by atomic mass is 10.1. The highest BCUT2D eigenvalue weighted by atomic mass is 32.2. The number of carbonyl (C=O) groups is 1. The van der Waals surface area contributed by atoms with Crippen molar-refractivity contribution >= 4 is 48.4 Å². The van der Waals surface area contributed by atoms with Gasteiger partial charge in [-0.2, -0.15) is 0 Å². The van der Waals surface area contributed by atoms with Gasteiger partial charge in [0.2, 0.25) is 15.9 Å². The molecule has 2 aromatic heterocycles. The fourth-order valence-corrected chi connectivity index (χ4v) is 5.75. The van der Waals surface area contributed by atoms with Gasteiger partial charge in [-0.25, -0.2) is 13.2 Å². The molecule has 0 aliphatic rings. The predicted octanol–water partition coefficient (Wildman–Crippen LogP) is 2.84. The fourth-order valence-electron chi connectivity index (χ4n) is 3.75. The second-order valence-corrected chi connectivity index (χ2v) is 9.95. The van der Waals surface area contributed by atoms with Crippen LogP contribution in [0.5, 0.6) is 0 Å². The number of amides is 1. The Balaban J connectivity index is 1.76. The van der Waals surface area contributed by atoms with Crippen molar-refractivity contribution in [2.75, 3.05) is 5.75 Å². The number of para-hydroxylation sites is 2. The third kappa shape index (κ3) is 3.78. The van der Waals surface area contributed by atoms with Crippen LogP contribution in [0.2, 0.25) is 0 Å². The van der Waals surface area contributed by atoms with Gasteiger partial charge in [-0.3, -0.25) is 18.7 Å². The summed E-state index contributed by atoms with van der Waals surface area (Å²) in [6, 6.07) is 13.5. The lowest BCUT2D eigenvalue weighted by Gasteiger charge is -2.06. The smallest absolute Gasteiger partial charge is 0.291 e. The number of rotatable bonds is 6. The zero-order valence-electron chi connectivity index (χ0n) is 16.6. The fraction of sp³-hybridized carbons (Fsp3) is 0.238. The number of imidazole rings is 1. The van der Waals surface area contributed by atoms with Crippen molar-refractivity contribution < 1.29 is 13.2 Å². The van der Waals surface area contributed by atoms with Gasteiger partial charge in [-0.05, 0) is 41.6 Å². The van der Waals surface area contributed by atoms with Crippen molar-refractivity contribution in [3.63, 3.8) is 0 Å². The van der Waals surface area contributed by atoms with Crippen molar-refractivity contribution in [3.05, 3.63) is 69.5 Å². The number of hydrogen-bond donors (Lipinski definition) is 1. The molecule has 7 nitrogen and oxygen atoms in total. The molecule has 2 heterocycles. The number of aryl methyl sites for hydroxylation is 2. The summed E-state index contributed by atoms with van der Waals surface area (Å²) in [4.78, 5) is 24.3. The Morgan fingerprint density at radius 2 is 1.77 bits per heavy atom. The Morgan fingerprint density at radius 3 is 2.47 bits per heavy atom. The minimum atomic E-state index is -3.81. The highest BCUT2D eigenvalue weighted by Crippen LogP contribution is 2.29. The molecule has 1 amide bonds. The topological polar surface area (TPSA) is 90.2 Å². The molecule has 0 aliphatic carbocycles. The number of nitrogens with zero attached hydrogens (tertiary/aromatic N) is 2. The van der Waals surface area contributed by atoms with E-state index in [4.69, 9.17) is 0 Å². The van der Waals surface area contributed by atoms with Gasteiger partial charge in [0.1, 0.15) is 0 Å². The van der Waals surface area contributed by atoms with Crippen LogP contribution in [-0.4, -0.2) is 29.2 Å². The molecule has 2 aromatic carbocycles. The van der Waals surface area contributed by atoms with Crippen LogP contribution in [0.3, 0.4) is 0 Å². The van der Waals surface area contributed by atoms with E-state index >= 15 is 0 Å². The van der Waals surface area contributed by atoms with E-state index in [1.54, 1.807) is 22.0 Å². The largest absolute Gasteiger partial charge is 0.329 e. The molecule has 30 heavy (non-hydrogen) atoms. The Hall–Kier alpha value is -2.91. The standard InChI is InChI=1S/C21H21N3O4S2/c1-14-6-5-9-19-20(14)16(13-29-19)12-24-18-8-4-3-7-17(18)23(21(24)26)10-11-30(27,28)22-15(2)25/h3-9,13H,10-12H2,1-2H3,(H,22,25). The lowest BCUT2D eigenvalue weighted by molar-refractivity contribution is -0.117. The number of sulfonamides is 1. The SMILES string of the molecule is CC(=O)NS(=O)(=O)CCn1c(=O)n(Cc2csc3cccc(C)c23)c2ccccc21. The molecule has 0 radical (unpaired) electrons. The number of fused-ring (bicyclic) bond motifs is 2. The van der Waals surface area contributed by atoms with Gasteiger partial charge in [-0.1, -0.05) is 24.3 Å². The van der Waals surface area contributed by atoms with Crippen molar-refractivity contribution in [2.24, 2.45) is 0 Å². The summed E-state index contributed by atoms with van der Waals surface area (Å²) >= 11 is 1.64. The predicted molar refractivity (Wildman–Crippen MR) is 119 cm³/mol. The summed E-state index contributed by atoms with van der Waals surface area (Å²) in [6.07, 6.45) is 0. The van der Waals surface area contributed by atoms with E-state index in [9.17, 15) is 18.0 Å². The molecule has 4 aromatic rings. The van der Waals surface area contributed by atoms with Crippen molar-refractivity contribution in [3.8, 4) is 0 Å². The first-order valence-electron chi connectivity index (χ1n) is 9.41. The molecular weight excluding hydrogens is 422 g/mol. The number of nitrogens with one attached hydrogen (secondary N) is 1. The quantitative estimate of drug-likeness (QED) is 0.496. The van der Waals surface area contributed by atoms with Crippen LogP contribution >= 0.6 is 11.3 Å². The first kappa shape index (κ1) is 20.4. The van der Waals surface area contributed by atoms with Crippen LogP contribution in [0.25, 0.3) is 21.1 Å². The average molecular weight is 444 g/mol. The van der Waals surface area contributed by atoms with E-state index in [0.717, 1.165) is 29.0 Å². The van der Waals surface area contributed by atoms with E-state index in [1.165, 1.54) is 9.27 Å². The van der Waals surface area contributed by atoms with Gasteiger partial charge < -0.3 is 0 Å². The Labute approximate surface area is 177 Å². The normalized spacial score (nSPS) is 11.9. The zero-order valence-corrected chi connectivity index (χ0v) is 18.2. The van der Waals surface area contributed by atoms with E-state index in [-0.39, 0.29) is 18.0 Å². The van der Waals surface area contributed by atoms with Crippen LogP contribution in [0.15, 0.2) is 52.6 Å². The summed E-state index contributed by atoms with van der Waals surface area (Å²) in [5, 5.41) is 3.22. The highest BCUT2D eigenvalue weighted by Gasteiger charge is 2.18. The monoisotopic (exact) mass is 443 g/mol. The van der Waals surface area contributed by atoms with E-state index < -0.39 is 15.9 Å². The molecule has 0 unspecified atom stereocenters. The molecule has 0 spiro atoms. The summed E-state index contributed by atoms with van der Waals surface area (Å²) in [5.41, 5.74) is 3.34. The van der Waals surface area contributed by atoms with Crippen molar-refractivity contribution in [1.82, 2.24) is 13.9 Å². The minimum Gasteiger partial charge on any atom is -0.291 e. The molecular formula is C21H21N3O4S2. The summed E-state index contributed by atoms with van der Waals surface area (Å²) in [7, 11) is -3.81. The molecule has 156 valence electrons. The van der Waals surface area contributed by atoms with Crippen molar-refractivity contribution in [1.29, 1.82) is 0 Å². The first-order chi connectivity index (χ1) is 14.3. The number of aromatic nitrogens is 2. The molecule has 4 rings (SSSR count). The number of benzene rings is 2. The summed E-state index contributed by atoms with van der Waals surface area (Å²) in [5.74, 6) is -1.01. The second-order valence-electron chi connectivity index (χ2n) is 7.20. The Morgan fingerprint density at radius 1 is 1.07 bits per heavy atom. The van der Waals surface area contributed by atoms with Crippen LogP contribution in [0.4, 0.5) is 0 Å². The minimum absolute atomic E-state index is 0.0433. The van der Waals surface area contributed by atoms with Crippen LogP contribution in [0, 0.1) is 6.92 Å². The van der Waals surface area contributed by atoms with Gasteiger partial charge in [0.05, 0.1) is 23.3 Å². The zero-order chi connectivity index (χ0) is 21.5. The Bertz CT molecular complexity index is 1430. The van der Waals surface area contributed by atoms with Crippen LogP contribution in [0.1, 0.15) is 18.1 Å². The highest BCUT2D eigenvalue weighted by molar-refractivity contribution is 7.90. The van der Waals surface area contributed by atoms with Crippen LogP contribution in [-0.2, 0) is 27.9 Å². The maximum absolute atomic E-state index is 13.2. The Kier molecular flexibility index (Phi) is 5.25. The first-order valence-corrected chi connectivity index (χ1v) is 11.9. The van der Waals surface area contributed by atoms with E-state index in [0.29, 0.717) is 12.1 Å². The molecule has 0 fully saturated rings. The molecule has 1 N–H and O–H groups in total. The number of carbonyl (C=O) groups excluding carboxylic acids is 1. The van der Waals surface area contributed by atoms with Gasteiger partial charge in [0.25, 0.3) is 0 Å². The molecule has 0 saturated heterocycles. The molecule has 0 saturated carbocycles. The third-order valence-corrected chi connectivity index (χ3v) is 7.34. The lowest BCUT2D eigenvalue weighted by Crippen LogP contribution is -2.34. The number of hydrogen-bond acceptors (Lipinski definition) is 5. The van der Waals surface area contributed by atoms with Crippen molar-refractivity contribution in [2.45, 2.75) is 26.9 Å². The molecule has 0 bridgehead atoms. The van der Waals surface area contributed by atoms with Gasteiger partial charge in [0, 0.05) is 23.6 Å². The molecule has 9 heteroatoms. The number of thiophene rings is 1. The average Bonchev–Trinajstić information content (AvgIpc) is 3.20. The second kappa shape index (κ2) is 7.73. The van der Waals surface area contributed by atoms with Crippen LogP contribution < -0.4 is 10.4 Å². The van der Waals surface area contributed by atoms with E-state index in [1.807, 2.05) is 29.0 Å². The van der Waals surface area contributed by atoms with Gasteiger partial charge in [-0.15, -0.1) is 11.3 Å².